The van der Waals surface area contributed by atoms with Crippen LogP contribution in [-0.2, 0) is 4.79 Å². The lowest BCUT2D eigenvalue weighted by atomic mass is 10.2. The van der Waals surface area contributed by atoms with Crippen LogP contribution in [-0.4, -0.2) is 44.1 Å². The summed E-state index contributed by atoms with van der Waals surface area (Å²) < 4.78 is 11.0. The Bertz CT molecular complexity index is 816. The second-order valence-corrected chi connectivity index (χ2v) is 7.40. The Balaban J connectivity index is 1.29. The Morgan fingerprint density at radius 2 is 1.81 bits per heavy atom. The predicted molar refractivity (Wildman–Crippen MR) is 106 cm³/mol. The maximum Gasteiger partial charge on any atom is 0.246 e. The molecule has 27 heavy (non-hydrogen) atoms. The third-order valence-electron chi connectivity index (χ3n) is 5.54. The van der Waals surface area contributed by atoms with E-state index in [-0.39, 0.29) is 5.91 Å². The molecule has 142 valence electrons. The van der Waals surface area contributed by atoms with Gasteiger partial charge in [-0.15, -0.1) is 0 Å². The number of anilines is 1. The molecular weight excluding hydrogens is 340 g/mol. The summed E-state index contributed by atoms with van der Waals surface area (Å²) in [7, 11) is 1.67. The number of ether oxygens (including phenoxy) is 1. The minimum Gasteiger partial charge on any atom is -0.497 e. The van der Waals surface area contributed by atoms with Gasteiger partial charge in [0.2, 0.25) is 5.91 Å². The zero-order chi connectivity index (χ0) is 18.8. The molecule has 2 atom stereocenters. The number of piperazine rings is 1. The van der Waals surface area contributed by atoms with Gasteiger partial charge < -0.3 is 19.0 Å². The summed E-state index contributed by atoms with van der Waals surface area (Å²) in [5.74, 6) is 3.99. The zero-order valence-corrected chi connectivity index (χ0v) is 15.9. The second-order valence-electron chi connectivity index (χ2n) is 7.40. The van der Waals surface area contributed by atoms with Crippen LogP contribution in [0.1, 0.15) is 30.8 Å². The molecule has 2 aliphatic rings. The fourth-order valence-corrected chi connectivity index (χ4v) is 3.61. The van der Waals surface area contributed by atoms with E-state index in [1.165, 1.54) is 6.42 Å². The molecule has 2 aromatic rings. The van der Waals surface area contributed by atoms with Gasteiger partial charge in [0, 0.05) is 43.9 Å². The summed E-state index contributed by atoms with van der Waals surface area (Å²) in [6.45, 7) is 5.33. The number of hydrogen-bond acceptors (Lipinski definition) is 4. The van der Waals surface area contributed by atoms with Crippen LogP contribution in [0.3, 0.4) is 0 Å². The maximum absolute atomic E-state index is 12.5. The van der Waals surface area contributed by atoms with Crippen LogP contribution >= 0.6 is 0 Å². The van der Waals surface area contributed by atoms with Gasteiger partial charge in [-0.2, -0.15) is 0 Å². The second kappa shape index (κ2) is 7.51. The molecule has 2 fully saturated rings. The van der Waals surface area contributed by atoms with Crippen molar-refractivity contribution in [3.05, 3.63) is 54.0 Å². The number of hydrogen-bond donors (Lipinski definition) is 0. The fraction of sp³-hybridized carbons (Fsp3) is 0.409. The standard InChI is InChI=1S/C22H26N2O3/c1-16-15-20(16)21-9-7-19(27-21)8-10-22(25)24-13-11-23(12-14-24)17-3-5-18(26-2)6-4-17/h3-10,16,20H,11-15H2,1-2H3/b10-8+. The van der Waals surface area contributed by atoms with Gasteiger partial charge in [0.1, 0.15) is 17.3 Å². The molecule has 1 aromatic carbocycles. The van der Waals surface area contributed by atoms with E-state index in [0.29, 0.717) is 5.92 Å². The van der Waals surface area contributed by atoms with E-state index in [4.69, 9.17) is 9.15 Å². The third-order valence-corrected chi connectivity index (χ3v) is 5.54. The largest absolute Gasteiger partial charge is 0.497 e. The molecule has 1 amide bonds. The molecule has 1 saturated carbocycles. The molecule has 0 spiro atoms. The number of amides is 1. The summed E-state index contributed by atoms with van der Waals surface area (Å²) in [5, 5.41) is 0. The van der Waals surface area contributed by atoms with E-state index in [2.05, 4.69) is 24.0 Å². The van der Waals surface area contributed by atoms with Crippen LogP contribution in [0.2, 0.25) is 0 Å². The molecule has 5 nitrogen and oxygen atoms in total. The van der Waals surface area contributed by atoms with Crippen molar-refractivity contribution in [3.63, 3.8) is 0 Å². The average molecular weight is 366 g/mol. The number of carbonyl (C=O) groups is 1. The molecule has 5 heteroatoms. The van der Waals surface area contributed by atoms with Crippen LogP contribution in [0.4, 0.5) is 5.69 Å². The topological polar surface area (TPSA) is 45.9 Å². The minimum atomic E-state index is 0.0436. The van der Waals surface area contributed by atoms with Gasteiger partial charge in [-0.05, 0) is 54.8 Å². The van der Waals surface area contributed by atoms with Gasteiger partial charge in [-0.3, -0.25) is 4.79 Å². The van der Waals surface area contributed by atoms with Crippen molar-refractivity contribution < 1.29 is 13.9 Å². The van der Waals surface area contributed by atoms with E-state index in [1.54, 1.807) is 19.3 Å². The van der Waals surface area contributed by atoms with Crippen molar-refractivity contribution in [1.29, 1.82) is 0 Å². The number of carbonyl (C=O) groups excluding carboxylic acids is 1. The third kappa shape index (κ3) is 4.02. The van der Waals surface area contributed by atoms with Crippen molar-refractivity contribution in [2.75, 3.05) is 38.2 Å². The lowest BCUT2D eigenvalue weighted by Gasteiger charge is -2.35. The summed E-state index contributed by atoms with van der Waals surface area (Å²) in [6.07, 6.45) is 4.62. The van der Waals surface area contributed by atoms with Crippen LogP contribution < -0.4 is 9.64 Å². The number of rotatable bonds is 5. The number of furan rings is 1. The average Bonchev–Trinajstić information content (AvgIpc) is 3.26. The van der Waals surface area contributed by atoms with E-state index < -0.39 is 0 Å². The molecule has 0 radical (unpaired) electrons. The number of nitrogens with zero attached hydrogens (tertiary/aromatic N) is 2. The Morgan fingerprint density at radius 3 is 2.44 bits per heavy atom. The Kier molecular flexibility index (Phi) is 4.92. The van der Waals surface area contributed by atoms with E-state index in [0.717, 1.165) is 55.1 Å². The smallest absolute Gasteiger partial charge is 0.246 e. The molecule has 1 aliphatic heterocycles. The number of benzene rings is 1. The predicted octanol–water partition coefficient (Wildman–Crippen LogP) is 3.77. The molecule has 2 unspecified atom stereocenters. The molecule has 2 heterocycles. The Labute approximate surface area is 160 Å². The van der Waals surface area contributed by atoms with Crippen molar-refractivity contribution in [2.45, 2.75) is 19.3 Å². The van der Waals surface area contributed by atoms with Crippen LogP contribution in [0.25, 0.3) is 6.08 Å². The Hall–Kier alpha value is -2.69. The van der Waals surface area contributed by atoms with E-state index >= 15 is 0 Å². The quantitative estimate of drug-likeness (QED) is 0.756. The minimum absolute atomic E-state index is 0.0436. The van der Waals surface area contributed by atoms with Gasteiger partial charge in [0.25, 0.3) is 0 Å². The summed E-state index contributed by atoms with van der Waals surface area (Å²) in [5.41, 5.74) is 1.16. The highest BCUT2D eigenvalue weighted by molar-refractivity contribution is 5.91. The highest BCUT2D eigenvalue weighted by Gasteiger charge is 2.36. The lowest BCUT2D eigenvalue weighted by molar-refractivity contribution is -0.126. The molecule has 1 saturated heterocycles. The van der Waals surface area contributed by atoms with Gasteiger partial charge in [-0.25, -0.2) is 0 Å². The first-order chi connectivity index (χ1) is 13.1. The molecule has 4 rings (SSSR count). The molecule has 0 N–H and O–H groups in total. The molecular formula is C22H26N2O3. The van der Waals surface area contributed by atoms with Crippen molar-refractivity contribution in [2.24, 2.45) is 5.92 Å². The first-order valence-corrected chi connectivity index (χ1v) is 9.60. The summed E-state index contributed by atoms with van der Waals surface area (Å²) in [4.78, 5) is 16.7. The highest BCUT2D eigenvalue weighted by atomic mass is 16.5. The van der Waals surface area contributed by atoms with E-state index in [1.807, 2.05) is 29.2 Å². The normalized spacial score (nSPS) is 22.3. The number of methoxy groups -OCH3 is 1. The fourth-order valence-electron chi connectivity index (χ4n) is 3.61. The van der Waals surface area contributed by atoms with Gasteiger partial charge in [0.05, 0.1) is 7.11 Å². The molecule has 0 bridgehead atoms. The molecule has 1 aliphatic carbocycles. The van der Waals surface area contributed by atoms with Gasteiger partial charge >= 0.3 is 0 Å². The van der Waals surface area contributed by atoms with Crippen LogP contribution in [0.5, 0.6) is 5.75 Å². The first kappa shape index (κ1) is 17.7. The Morgan fingerprint density at radius 1 is 1.11 bits per heavy atom. The summed E-state index contributed by atoms with van der Waals surface area (Å²) >= 11 is 0. The van der Waals surface area contributed by atoms with Crippen LogP contribution in [0, 0.1) is 5.92 Å². The summed E-state index contributed by atoms with van der Waals surface area (Å²) in [6, 6.07) is 12.0. The lowest BCUT2D eigenvalue weighted by Crippen LogP contribution is -2.48. The van der Waals surface area contributed by atoms with Crippen molar-refractivity contribution in [3.8, 4) is 5.75 Å². The highest BCUT2D eigenvalue weighted by Crippen LogP contribution is 2.47. The van der Waals surface area contributed by atoms with Gasteiger partial charge in [0.15, 0.2) is 0 Å². The van der Waals surface area contributed by atoms with E-state index in [9.17, 15) is 4.79 Å². The molecule has 1 aromatic heterocycles. The van der Waals surface area contributed by atoms with Gasteiger partial charge in [-0.1, -0.05) is 6.92 Å². The first-order valence-electron chi connectivity index (χ1n) is 9.60. The SMILES string of the molecule is COc1ccc(N2CCN(C(=O)/C=C/c3ccc(C4CC4C)o3)CC2)cc1. The van der Waals surface area contributed by atoms with Crippen LogP contribution in [0.15, 0.2) is 46.9 Å². The maximum atomic E-state index is 12.5. The zero-order valence-electron chi connectivity index (χ0n) is 15.9. The van der Waals surface area contributed by atoms with Crippen molar-refractivity contribution >= 4 is 17.7 Å². The monoisotopic (exact) mass is 366 g/mol. The van der Waals surface area contributed by atoms with Crippen molar-refractivity contribution in [1.82, 2.24) is 4.90 Å².